The van der Waals surface area contributed by atoms with Gasteiger partial charge in [-0.25, -0.2) is 0 Å². The summed E-state index contributed by atoms with van der Waals surface area (Å²) in [5.74, 6) is -0.114. The molecule has 1 aliphatic heterocycles. The molecule has 0 saturated carbocycles. The largest absolute Gasteiger partial charge is 0.372 e. The van der Waals surface area contributed by atoms with Crippen LogP contribution >= 0.6 is 0 Å². The molecule has 1 atom stereocenters. The van der Waals surface area contributed by atoms with E-state index in [2.05, 4.69) is 10.4 Å². The molecular weight excluding hydrogens is 260 g/mol. The predicted octanol–water partition coefficient (Wildman–Crippen LogP) is -0.0610. The Morgan fingerprint density at radius 2 is 2.35 bits per heavy atom. The van der Waals surface area contributed by atoms with Crippen molar-refractivity contribution in [2.24, 2.45) is 0 Å². The zero-order valence-corrected chi connectivity index (χ0v) is 11.8. The van der Waals surface area contributed by atoms with Gasteiger partial charge in [-0.2, -0.15) is 5.10 Å². The molecule has 7 heteroatoms. The number of nitrogens with zero attached hydrogens (tertiary/aromatic N) is 3. The van der Waals surface area contributed by atoms with Gasteiger partial charge in [0, 0.05) is 26.4 Å². The Hall–Kier alpha value is -1.89. The van der Waals surface area contributed by atoms with Crippen LogP contribution in [0.3, 0.4) is 0 Å². The Labute approximate surface area is 117 Å². The molecule has 1 aromatic rings. The molecule has 2 heterocycles. The highest BCUT2D eigenvalue weighted by atomic mass is 16.5. The standard InChI is InChI=1S/C13H20N4O3/c1-3-20-9-13(19)16-7-10-4-5-15-17(10)11(8-16)6-12(18)14-2/h4-5,11H,3,6-9H2,1-2H3,(H,14,18)/t11-/m0/s1. The summed E-state index contributed by atoms with van der Waals surface area (Å²) < 4.78 is 7.00. The van der Waals surface area contributed by atoms with Crippen LogP contribution in [0, 0.1) is 0 Å². The van der Waals surface area contributed by atoms with Crippen molar-refractivity contribution in [2.75, 3.05) is 26.8 Å². The first-order valence-corrected chi connectivity index (χ1v) is 6.74. The third-order valence-corrected chi connectivity index (χ3v) is 3.36. The minimum atomic E-state index is -0.126. The van der Waals surface area contributed by atoms with Crippen molar-refractivity contribution in [1.29, 1.82) is 0 Å². The van der Waals surface area contributed by atoms with Gasteiger partial charge in [-0.3, -0.25) is 14.3 Å². The predicted molar refractivity (Wildman–Crippen MR) is 71.9 cm³/mol. The minimum absolute atomic E-state index is 0.0544. The average Bonchev–Trinajstić information content (AvgIpc) is 2.93. The highest BCUT2D eigenvalue weighted by molar-refractivity contribution is 5.78. The van der Waals surface area contributed by atoms with Crippen LogP contribution in [0.25, 0.3) is 0 Å². The molecule has 1 N–H and O–H groups in total. The molecule has 7 nitrogen and oxygen atoms in total. The number of rotatable bonds is 5. The van der Waals surface area contributed by atoms with Crippen molar-refractivity contribution < 1.29 is 14.3 Å². The third kappa shape index (κ3) is 3.16. The zero-order valence-electron chi connectivity index (χ0n) is 11.8. The van der Waals surface area contributed by atoms with Crippen molar-refractivity contribution in [3.05, 3.63) is 18.0 Å². The minimum Gasteiger partial charge on any atom is -0.372 e. The zero-order chi connectivity index (χ0) is 14.5. The van der Waals surface area contributed by atoms with Gasteiger partial charge in [-0.05, 0) is 13.0 Å². The van der Waals surface area contributed by atoms with E-state index in [1.54, 1.807) is 18.1 Å². The maximum Gasteiger partial charge on any atom is 0.248 e. The van der Waals surface area contributed by atoms with Gasteiger partial charge in [0.15, 0.2) is 0 Å². The van der Waals surface area contributed by atoms with E-state index in [0.717, 1.165) is 5.69 Å². The van der Waals surface area contributed by atoms with Crippen LogP contribution < -0.4 is 5.32 Å². The number of hydrogen-bond donors (Lipinski definition) is 1. The van der Waals surface area contributed by atoms with Gasteiger partial charge >= 0.3 is 0 Å². The lowest BCUT2D eigenvalue weighted by molar-refractivity contribution is -0.138. The lowest BCUT2D eigenvalue weighted by Crippen LogP contribution is -2.44. The maximum absolute atomic E-state index is 12.1. The second kappa shape index (κ2) is 6.51. The fraction of sp³-hybridized carbons (Fsp3) is 0.615. The molecule has 1 aromatic heterocycles. The summed E-state index contributed by atoms with van der Waals surface area (Å²) in [6.45, 7) is 3.44. The van der Waals surface area contributed by atoms with Gasteiger partial charge in [0.25, 0.3) is 0 Å². The fourth-order valence-electron chi connectivity index (χ4n) is 2.33. The van der Waals surface area contributed by atoms with Crippen LogP contribution in [0.2, 0.25) is 0 Å². The number of carbonyl (C=O) groups is 2. The highest BCUT2D eigenvalue weighted by Crippen LogP contribution is 2.22. The molecule has 110 valence electrons. The molecule has 0 radical (unpaired) electrons. The molecule has 0 aromatic carbocycles. The smallest absolute Gasteiger partial charge is 0.248 e. The summed E-state index contributed by atoms with van der Waals surface area (Å²) in [5, 5.41) is 6.85. The number of aromatic nitrogens is 2. The van der Waals surface area contributed by atoms with Crippen molar-refractivity contribution in [1.82, 2.24) is 20.0 Å². The van der Waals surface area contributed by atoms with Gasteiger partial charge < -0.3 is 15.0 Å². The van der Waals surface area contributed by atoms with Gasteiger partial charge in [0.05, 0.1) is 24.7 Å². The summed E-state index contributed by atoms with van der Waals surface area (Å²) in [7, 11) is 1.60. The molecule has 0 fully saturated rings. The van der Waals surface area contributed by atoms with E-state index < -0.39 is 0 Å². The van der Waals surface area contributed by atoms with Crippen LogP contribution in [0.1, 0.15) is 25.1 Å². The van der Waals surface area contributed by atoms with Gasteiger partial charge in [0.2, 0.25) is 11.8 Å². The number of hydrogen-bond acceptors (Lipinski definition) is 4. The van der Waals surface area contributed by atoms with Crippen LogP contribution in [-0.2, 0) is 20.9 Å². The molecule has 2 rings (SSSR count). The quantitative estimate of drug-likeness (QED) is 0.819. The Kier molecular flexibility index (Phi) is 4.73. The number of carbonyl (C=O) groups excluding carboxylic acids is 2. The van der Waals surface area contributed by atoms with Crippen LogP contribution in [-0.4, -0.2) is 53.3 Å². The van der Waals surface area contributed by atoms with E-state index in [1.165, 1.54) is 0 Å². The number of nitrogens with one attached hydrogen (secondary N) is 1. The summed E-state index contributed by atoms with van der Waals surface area (Å²) in [5.41, 5.74) is 0.940. The molecule has 0 saturated heterocycles. The van der Waals surface area contributed by atoms with E-state index in [-0.39, 0.29) is 24.5 Å². The summed E-state index contributed by atoms with van der Waals surface area (Å²) in [6, 6.07) is 1.75. The Bertz CT molecular complexity index is 486. The number of fused-ring (bicyclic) bond motifs is 1. The van der Waals surface area contributed by atoms with Crippen LogP contribution in [0.5, 0.6) is 0 Å². The maximum atomic E-state index is 12.1. The molecule has 2 amide bonds. The SMILES string of the molecule is CCOCC(=O)N1Cc2ccnn2[C@@H](CC(=O)NC)C1. The lowest BCUT2D eigenvalue weighted by atomic mass is 10.1. The third-order valence-electron chi connectivity index (χ3n) is 3.36. The summed E-state index contributed by atoms with van der Waals surface area (Å²) >= 11 is 0. The Balaban J connectivity index is 2.09. The normalized spacial score (nSPS) is 17.7. The monoisotopic (exact) mass is 280 g/mol. The van der Waals surface area contributed by atoms with Crippen molar-refractivity contribution in [3.8, 4) is 0 Å². The first kappa shape index (κ1) is 14.5. The fourth-order valence-corrected chi connectivity index (χ4v) is 2.33. The van der Waals surface area contributed by atoms with Gasteiger partial charge in [0.1, 0.15) is 6.61 Å². The van der Waals surface area contributed by atoms with E-state index >= 15 is 0 Å². The number of amides is 2. The first-order valence-electron chi connectivity index (χ1n) is 6.74. The molecule has 0 unspecified atom stereocenters. The van der Waals surface area contributed by atoms with E-state index in [9.17, 15) is 9.59 Å². The van der Waals surface area contributed by atoms with Crippen LogP contribution in [0.4, 0.5) is 0 Å². The molecule has 0 aliphatic carbocycles. The Morgan fingerprint density at radius 1 is 1.55 bits per heavy atom. The molecule has 0 spiro atoms. The lowest BCUT2D eigenvalue weighted by Gasteiger charge is -2.33. The average molecular weight is 280 g/mol. The van der Waals surface area contributed by atoms with Crippen LogP contribution in [0.15, 0.2) is 12.3 Å². The van der Waals surface area contributed by atoms with E-state index in [4.69, 9.17) is 4.74 Å². The van der Waals surface area contributed by atoms with Crippen molar-refractivity contribution in [3.63, 3.8) is 0 Å². The Morgan fingerprint density at radius 3 is 3.05 bits per heavy atom. The van der Waals surface area contributed by atoms with Gasteiger partial charge in [-0.1, -0.05) is 0 Å². The van der Waals surface area contributed by atoms with Crippen molar-refractivity contribution in [2.45, 2.75) is 25.9 Å². The van der Waals surface area contributed by atoms with E-state index in [1.807, 2.05) is 17.7 Å². The molecule has 0 bridgehead atoms. The summed E-state index contributed by atoms with van der Waals surface area (Å²) in [6.07, 6.45) is 2.01. The molecule has 20 heavy (non-hydrogen) atoms. The summed E-state index contributed by atoms with van der Waals surface area (Å²) in [4.78, 5) is 25.4. The second-order valence-corrected chi connectivity index (χ2v) is 4.71. The van der Waals surface area contributed by atoms with E-state index in [0.29, 0.717) is 26.1 Å². The molecular formula is C13H20N4O3. The second-order valence-electron chi connectivity index (χ2n) is 4.71. The van der Waals surface area contributed by atoms with Crippen molar-refractivity contribution >= 4 is 11.8 Å². The molecule has 1 aliphatic rings. The van der Waals surface area contributed by atoms with Gasteiger partial charge in [-0.15, -0.1) is 0 Å². The highest BCUT2D eigenvalue weighted by Gasteiger charge is 2.29. The topological polar surface area (TPSA) is 76.5 Å². The first-order chi connectivity index (χ1) is 9.65. The number of ether oxygens (including phenoxy) is 1.